The van der Waals surface area contributed by atoms with Crippen LogP contribution in [0, 0.1) is 5.92 Å². The number of methoxy groups -OCH3 is 1. The Morgan fingerprint density at radius 2 is 2.00 bits per heavy atom. The lowest BCUT2D eigenvalue weighted by molar-refractivity contribution is -0.136. The number of hydrogen-bond donors (Lipinski definition) is 2. The van der Waals surface area contributed by atoms with Gasteiger partial charge in [-0.1, -0.05) is 17.7 Å². The zero-order valence-electron chi connectivity index (χ0n) is 15.7. The molecule has 1 saturated heterocycles. The molecule has 28 heavy (non-hydrogen) atoms. The Morgan fingerprint density at radius 3 is 2.68 bits per heavy atom. The summed E-state index contributed by atoms with van der Waals surface area (Å²) in [5.41, 5.74) is 0.360. The highest BCUT2D eigenvalue weighted by Crippen LogP contribution is 2.27. The van der Waals surface area contributed by atoms with Gasteiger partial charge in [-0.05, 0) is 49.1 Å². The molecule has 148 valence electrons. The SMILES string of the molecule is COc1ccc(Cl)cc1NC(=O)C(=O)NCC1CCN(c2ccccn2)CC1. The molecule has 0 aliphatic carbocycles. The lowest BCUT2D eigenvalue weighted by Crippen LogP contribution is -2.42. The van der Waals surface area contributed by atoms with Gasteiger partial charge in [-0.2, -0.15) is 0 Å². The predicted molar refractivity (Wildman–Crippen MR) is 109 cm³/mol. The van der Waals surface area contributed by atoms with Gasteiger partial charge < -0.3 is 20.3 Å². The first-order chi connectivity index (χ1) is 13.6. The van der Waals surface area contributed by atoms with E-state index in [0.717, 1.165) is 31.7 Å². The van der Waals surface area contributed by atoms with Crippen molar-refractivity contribution >= 4 is 34.9 Å². The van der Waals surface area contributed by atoms with Gasteiger partial charge in [0, 0.05) is 30.9 Å². The largest absolute Gasteiger partial charge is 0.495 e. The van der Waals surface area contributed by atoms with Crippen molar-refractivity contribution in [2.45, 2.75) is 12.8 Å². The Morgan fingerprint density at radius 1 is 1.21 bits per heavy atom. The molecule has 0 spiro atoms. The first kappa shape index (κ1) is 19.9. The van der Waals surface area contributed by atoms with E-state index in [0.29, 0.717) is 28.9 Å². The number of halogens is 1. The minimum absolute atomic E-state index is 0.331. The van der Waals surface area contributed by atoms with E-state index in [2.05, 4.69) is 20.5 Å². The molecule has 1 aliphatic rings. The molecular weight excluding hydrogens is 380 g/mol. The van der Waals surface area contributed by atoms with Crippen LogP contribution in [0.2, 0.25) is 5.02 Å². The molecule has 2 heterocycles. The van der Waals surface area contributed by atoms with Crippen LogP contribution in [0.25, 0.3) is 0 Å². The summed E-state index contributed by atoms with van der Waals surface area (Å²) in [6.45, 7) is 2.22. The lowest BCUT2D eigenvalue weighted by Gasteiger charge is -2.32. The molecule has 1 aromatic heterocycles. The van der Waals surface area contributed by atoms with Crippen molar-refractivity contribution in [2.24, 2.45) is 5.92 Å². The highest BCUT2D eigenvalue weighted by Gasteiger charge is 2.22. The summed E-state index contributed by atoms with van der Waals surface area (Å²) >= 11 is 5.94. The molecule has 0 unspecified atom stereocenters. The summed E-state index contributed by atoms with van der Waals surface area (Å²) in [5, 5.41) is 5.70. The number of ether oxygens (including phenoxy) is 1. The van der Waals surface area contributed by atoms with E-state index in [9.17, 15) is 9.59 Å². The fourth-order valence-electron chi connectivity index (χ4n) is 3.18. The number of aromatic nitrogens is 1. The van der Waals surface area contributed by atoms with Crippen molar-refractivity contribution < 1.29 is 14.3 Å². The lowest BCUT2D eigenvalue weighted by atomic mass is 9.97. The van der Waals surface area contributed by atoms with Gasteiger partial charge in [-0.3, -0.25) is 9.59 Å². The topological polar surface area (TPSA) is 83.6 Å². The van der Waals surface area contributed by atoms with Gasteiger partial charge >= 0.3 is 11.8 Å². The molecule has 8 heteroatoms. The third kappa shape index (κ3) is 5.13. The first-order valence-electron chi connectivity index (χ1n) is 9.15. The van der Waals surface area contributed by atoms with Crippen molar-refractivity contribution in [2.75, 3.05) is 37.0 Å². The number of carbonyl (C=O) groups is 2. The molecule has 7 nitrogen and oxygen atoms in total. The number of benzene rings is 1. The van der Waals surface area contributed by atoms with Gasteiger partial charge in [0.05, 0.1) is 12.8 Å². The molecule has 2 aromatic rings. The van der Waals surface area contributed by atoms with Crippen LogP contribution in [0.4, 0.5) is 11.5 Å². The van der Waals surface area contributed by atoms with Crippen LogP contribution < -0.4 is 20.3 Å². The Hall–Kier alpha value is -2.80. The second-order valence-electron chi connectivity index (χ2n) is 6.63. The fraction of sp³-hybridized carbons (Fsp3) is 0.350. The van der Waals surface area contributed by atoms with Gasteiger partial charge in [-0.15, -0.1) is 0 Å². The molecule has 0 radical (unpaired) electrons. The van der Waals surface area contributed by atoms with Crippen LogP contribution in [-0.4, -0.2) is 43.5 Å². The standard InChI is InChI=1S/C20H23ClN4O3/c1-28-17-6-5-15(21)12-16(17)24-20(27)19(26)23-13-14-7-10-25(11-8-14)18-4-2-3-9-22-18/h2-6,9,12,14H,7-8,10-11,13H2,1H3,(H,23,26)(H,24,27). The monoisotopic (exact) mass is 402 g/mol. The number of nitrogens with one attached hydrogen (secondary N) is 2. The zero-order valence-corrected chi connectivity index (χ0v) is 16.4. The van der Waals surface area contributed by atoms with E-state index in [1.54, 1.807) is 24.4 Å². The van der Waals surface area contributed by atoms with Crippen molar-refractivity contribution in [3.05, 3.63) is 47.6 Å². The summed E-state index contributed by atoms with van der Waals surface area (Å²) < 4.78 is 5.17. The van der Waals surface area contributed by atoms with E-state index in [-0.39, 0.29) is 0 Å². The Bertz CT molecular complexity index is 823. The number of amides is 2. The van der Waals surface area contributed by atoms with E-state index < -0.39 is 11.8 Å². The van der Waals surface area contributed by atoms with Gasteiger partial charge in [0.15, 0.2) is 0 Å². The normalized spacial score (nSPS) is 14.4. The summed E-state index contributed by atoms with van der Waals surface area (Å²) in [4.78, 5) is 30.9. The number of piperidine rings is 1. The van der Waals surface area contributed by atoms with E-state index >= 15 is 0 Å². The molecular formula is C20H23ClN4O3. The minimum Gasteiger partial charge on any atom is -0.495 e. The van der Waals surface area contributed by atoms with Crippen LogP contribution in [0.5, 0.6) is 5.75 Å². The number of carbonyl (C=O) groups excluding carboxylic acids is 2. The zero-order chi connectivity index (χ0) is 19.9. The molecule has 0 atom stereocenters. The third-order valence-electron chi connectivity index (χ3n) is 4.76. The number of rotatable bonds is 5. The Balaban J connectivity index is 1.46. The van der Waals surface area contributed by atoms with Crippen LogP contribution in [-0.2, 0) is 9.59 Å². The fourth-order valence-corrected chi connectivity index (χ4v) is 3.35. The summed E-state index contributed by atoms with van der Waals surface area (Å²) in [7, 11) is 1.48. The molecule has 1 aromatic carbocycles. The Kier molecular flexibility index (Phi) is 6.71. The highest BCUT2D eigenvalue weighted by atomic mass is 35.5. The maximum atomic E-state index is 12.2. The van der Waals surface area contributed by atoms with Gasteiger partial charge in [-0.25, -0.2) is 4.98 Å². The Labute approximate surface area is 169 Å². The van der Waals surface area contributed by atoms with Crippen molar-refractivity contribution in [3.8, 4) is 5.75 Å². The molecule has 1 fully saturated rings. The van der Waals surface area contributed by atoms with Crippen LogP contribution in [0.15, 0.2) is 42.6 Å². The van der Waals surface area contributed by atoms with Gasteiger partial charge in [0.1, 0.15) is 11.6 Å². The van der Waals surface area contributed by atoms with Gasteiger partial charge in [0.2, 0.25) is 0 Å². The summed E-state index contributed by atoms with van der Waals surface area (Å²) in [5.74, 6) is 0.324. The van der Waals surface area contributed by atoms with Gasteiger partial charge in [0.25, 0.3) is 0 Å². The molecule has 2 amide bonds. The summed E-state index contributed by atoms with van der Waals surface area (Å²) in [6.07, 6.45) is 3.65. The number of hydrogen-bond acceptors (Lipinski definition) is 5. The maximum Gasteiger partial charge on any atom is 0.313 e. The minimum atomic E-state index is -0.744. The smallest absolute Gasteiger partial charge is 0.313 e. The predicted octanol–water partition coefficient (Wildman–Crippen LogP) is 2.71. The molecule has 0 bridgehead atoms. The van der Waals surface area contributed by atoms with Crippen molar-refractivity contribution in [3.63, 3.8) is 0 Å². The maximum absolute atomic E-state index is 12.2. The number of pyridine rings is 1. The first-order valence-corrected chi connectivity index (χ1v) is 9.53. The van der Waals surface area contributed by atoms with E-state index in [1.807, 2.05) is 18.2 Å². The highest BCUT2D eigenvalue weighted by molar-refractivity contribution is 6.40. The van der Waals surface area contributed by atoms with Crippen molar-refractivity contribution in [1.82, 2.24) is 10.3 Å². The quantitative estimate of drug-likeness (QED) is 0.751. The second-order valence-corrected chi connectivity index (χ2v) is 7.06. The molecule has 2 N–H and O–H groups in total. The summed E-state index contributed by atoms with van der Waals surface area (Å²) in [6, 6.07) is 10.7. The van der Waals surface area contributed by atoms with E-state index in [1.165, 1.54) is 7.11 Å². The van der Waals surface area contributed by atoms with Crippen LogP contribution >= 0.6 is 11.6 Å². The number of nitrogens with zero attached hydrogens (tertiary/aromatic N) is 2. The number of anilines is 2. The molecule has 0 saturated carbocycles. The third-order valence-corrected chi connectivity index (χ3v) is 4.99. The van der Waals surface area contributed by atoms with Crippen LogP contribution in [0.1, 0.15) is 12.8 Å². The molecule has 3 rings (SSSR count). The average Bonchev–Trinajstić information content (AvgIpc) is 2.73. The molecule has 1 aliphatic heterocycles. The average molecular weight is 403 g/mol. The van der Waals surface area contributed by atoms with Crippen LogP contribution in [0.3, 0.4) is 0 Å². The van der Waals surface area contributed by atoms with E-state index in [4.69, 9.17) is 16.3 Å². The van der Waals surface area contributed by atoms with Crippen molar-refractivity contribution in [1.29, 1.82) is 0 Å². The second kappa shape index (κ2) is 9.41.